The van der Waals surface area contributed by atoms with Crippen molar-refractivity contribution in [1.29, 1.82) is 0 Å². The molecule has 0 aromatic carbocycles. The van der Waals surface area contributed by atoms with Crippen LogP contribution >= 0.6 is 11.3 Å². The SMILES string of the molecule is CC(C)(C)OC(=O)C(C)(C)ON=C(C(=O)N[C@@H]1C(=O)N[C@@H]1CO)c1csc(NC=O)n1. The molecule has 12 nitrogen and oxygen atoms in total. The highest BCUT2D eigenvalue weighted by molar-refractivity contribution is 7.14. The van der Waals surface area contributed by atoms with Crippen LogP contribution in [0.15, 0.2) is 10.5 Å². The van der Waals surface area contributed by atoms with Gasteiger partial charge < -0.3 is 30.6 Å². The molecule has 0 aliphatic carbocycles. The van der Waals surface area contributed by atoms with E-state index in [2.05, 4.69) is 26.1 Å². The van der Waals surface area contributed by atoms with Gasteiger partial charge in [0.15, 0.2) is 10.8 Å². The molecule has 1 aliphatic heterocycles. The molecule has 0 spiro atoms. The number of β-lactam (4-membered cyclic amide) rings is 1. The minimum absolute atomic E-state index is 0.0483. The lowest BCUT2D eigenvalue weighted by Gasteiger charge is -2.35. The highest BCUT2D eigenvalue weighted by atomic mass is 32.1. The maximum Gasteiger partial charge on any atom is 0.353 e. The van der Waals surface area contributed by atoms with E-state index < -0.39 is 41.1 Å². The first-order chi connectivity index (χ1) is 14.4. The molecule has 1 aromatic heterocycles. The smallest absolute Gasteiger partial charge is 0.353 e. The first-order valence-electron chi connectivity index (χ1n) is 9.25. The molecule has 0 bridgehead atoms. The Hall–Kier alpha value is -3.06. The van der Waals surface area contributed by atoms with Crippen LogP contribution in [0.25, 0.3) is 0 Å². The number of nitrogens with zero attached hydrogens (tertiary/aromatic N) is 2. The number of thiazole rings is 1. The number of ether oxygens (including phenoxy) is 1. The van der Waals surface area contributed by atoms with Crippen LogP contribution in [-0.2, 0) is 28.8 Å². The molecule has 2 atom stereocenters. The largest absolute Gasteiger partial charge is 0.457 e. The Labute approximate surface area is 182 Å². The normalized spacial score (nSPS) is 19.0. The Bertz CT molecular complexity index is 890. The van der Waals surface area contributed by atoms with Crippen molar-refractivity contribution in [3.63, 3.8) is 0 Å². The summed E-state index contributed by atoms with van der Waals surface area (Å²) in [6.45, 7) is 7.56. The minimum Gasteiger partial charge on any atom is -0.457 e. The van der Waals surface area contributed by atoms with E-state index in [1.54, 1.807) is 20.8 Å². The van der Waals surface area contributed by atoms with Crippen molar-refractivity contribution >= 4 is 46.4 Å². The summed E-state index contributed by atoms with van der Waals surface area (Å²) in [7, 11) is 0. The average molecular weight is 455 g/mol. The van der Waals surface area contributed by atoms with Gasteiger partial charge in [0, 0.05) is 5.38 Å². The fourth-order valence-corrected chi connectivity index (χ4v) is 2.93. The molecule has 2 rings (SSSR count). The Morgan fingerprint density at radius 3 is 2.58 bits per heavy atom. The summed E-state index contributed by atoms with van der Waals surface area (Å²) < 4.78 is 5.29. The van der Waals surface area contributed by atoms with E-state index in [0.717, 1.165) is 11.3 Å². The zero-order valence-electron chi connectivity index (χ0n) is 17.7. The molecular weight excluding hydrogens is 430 g/mol. The van der Waals surface area contributed by atoms with Gasteiger partial charge in [-0.15, -0.1) is 11.3 Å². The number of nitrogens with one attached hydrogen (secondary N) is 3. The van der Waals surface area contributed by atoms with Crippen LogP contribution in [0.1, 0.15) is 40.3 Å². The third-order valence-corrected chi connectivity index (χ3v) is 4.67. The molecule has 0 radical (unpaired) electrons. The van der Waals surface area contributed by atoms with Crippen LogP contribution in [0.5, 0.6) is 0 Å². The van der Waals surface area contributed by atoms with Crippen molar-refractivity contribution in [1.82, 2.24) is 15.6 Å². The van der Waals surface area contributed by atoms with Crippen LogP contribution in [0.3, 0.4) is 0 Å². The van der Waals surface area contributed by atoms with Crippen LogP contribution in [0, 0.1) is 0 Å². The van der Waals surface area contributed by atoms with Gasteiger partial charge in [-0.3, -0.25) is 14.4 Å². The van der Waals surface area contributed by atoms with Gasteiger partial charge in [-0.25, -0.2) is 9.78 Å². The van der Waals surface area contributed by atoms with E-state index in [1.807, 2.05) is 0 Å². The summed E-state index contributed by atoms with van der Waals surface area (Å²) in [5, 5.41) is 21.9. The van der Waals surface area contributed by atoms with Gasteiger partial charge in [-0.05, 0) is 34.6 Å². The average Bonchev–Trinajstić information content (AvgIpc) is 3.11. The van der Waals surface area contributed by atoms with E-state index in [1.165, 1.54) is 19.2 Å². The third kappa shape index (κ3) is 6.21. The summed E-state index contributed by atoms with van der Waals surface area (Å²) in [6, 6.07) is -1.60. The molecule has 1 saturated heterocycles. The Morgan fingerprint density at radius 1 is 1.35 bits per heavy atom. The molecule has 1 aliphatic rings. The Balaban J connectivity index is 2.28. The molecule has 31 heavy (non-hydrogen) atoms. The second kappa shape index (κ2) is 9.39. The number of hydrogen-bond donors (Lipinski definition) is 4. The lowest BCUT2D eigenvalue weighted by atomic mass is 9.99. The van der Waals surface area contributed by atoms with Crippen molar-refractivity contribution in [2.75, 3.05) is 11.9 Å². The molecule has 3 amide bonds. The number of oxime groups is 1. The predicted octanol–water partition coefficient (Wildman–Crippen LogP) is -0.472. The van der Waals surface area contributed by atoms with E-state index in [4.69, 9.17) is 9.57 Å². The highest BCUT2D eigenvalue weighted by Gasteiger charge is 2.41. The number of hydrogen-bond acceptors (Lipinski definition) is 10. The second-order valence-electron chi connectivity index (χ2n) is 8.09. The van der Waals surface area contributed by atoms with Gasteiger partial charge in [-0.2, -0.15) is 0 Å². The second-order valence-corrected chi connectivity index (χ2v) is 8.95. The number of carbonyl (C=O) groups excluding carboxylic acids is 4. The Kier molecular flexibility index (Phi) is 7.33. The van der Waals surface area contributed by atoms with Gasteiger partial charge in [0.2, 0.25) is 17.9 Å². The van der Waals surface area contributed by atoms with Crippen molar-refractivity contribution < 1.29 is 33.9 Å². The lowest BCUT2D eigenvalue weighted by molar-refractivity contribution is -0.179. The predicted molar refractivity (Wildman–Crippen MR) is 110 cm³/mol. The van der Waals surface area contributed by atoms with Crippen LogP contribution in [-0.4, -0.2) is 69.9 Å². The number of aromatic nitrogens is 1. The first-order valence-corrected chi connectivity index (χ1v) is 10.1. The molecular formula is C18H25N5O7S. The number of rotatable bonds is 9. The number of aliphatic hydroxyl groups excluding tert-OH is 1. The van der Waals surface area contributed by atoms with Crippen molar-refractivity contribution in [2.24, 2.45) is 5.16 Å². The molecule has 170 valence electrons. The van der Waals surface area contributed by atoms with Crippen molar-refractivity contribution in [2.45, 2.75) is 57.9 Å². The molecule has 2 heterocycles. The summed E-state index contributed by atoms with van der Waals surface area (Å²) in [5.41, 5.74) is -2.58. The van der Waals surface area contributed by atoms with Gasteiger partial charge in [0.25, 0.3) is 5.91 Å². The number of amides is 3. The highest BCUT2D eigenvalue weighted by Crippen LogP contribution is 2.20. The van der Waals surface area contributed by atoms with Crippen molar-refractivity contribution in [3.05, 3.63) is 11.1 Å². The van der Waals surface area contributed by atoms with Gasteiger partial charge >= 0.3 is 5.97 Å². The van der Waals surface area contributed by atoms with E-state index in [0.29, 0.717) is 6.41 Å². The molecule has 4 N–H and O–H groups in total. The zero-order valence-corrected chi connectivity index (χ0v) is 18.5. The van der Waals surface area contributed by atoms with Gasteiger partial charge in [0.1, 0.15) is 17.3 Å². The maximum absolute atomic E-state index is 12.8. The van der Waals surface area contributed by atoms with E-state index in [-0.39, 0.29) is 23.1 Å². The monoisotopic (exact) mass is 455 g/mol. The summed E-state index contributed by atoms with van der Waals surface area (Å²) >= 11 is 1.03. The number of esters is 1. The summed E-state index contributed by atoms with van der Waals surface area (Å²) in [4.78, 5) is 56.9. The van der Waals surface area contributed by atoms with Gasteiger partial charge in [0.05, 0.1) is 12.6 Å². The Morgan fingerprint density at radius 2 is 2.03 bits per heavy atom. The molecule has 1 aromatic rings. The molecule has 0 unspecified atom stereocenters. The van der Waals surface area contributed by atoms with Gasteiger partial charge in [-0.1, -0.05) is 5.16 Å². The van der Waals surface area contributed by atoms with Crippen molar-refractivity contribution in [3.8, 4) is 0 Å². The van der Waals surface area contributed by atoms with E-state index >= 15 is 0 Å². The quantitative estimate of drug-likeness (QED) is 0.127. The standard InChI is InChI=1S/C18H25N5O7S/c1-17(2,3)29-15(28)18(4,5)30-23-12(10-7-31-16(21-10)19-8-25)14(27)22-11-9(6-24)20-13(11)26/h7-9,11,24H,6H2,1-5H3,(H,20,26)(H,22,27)(H,19,21,25)/t9-,11+/m1/s1. The van der Waals surface area contributed by atoms with Crippen LogP contribution in [0.2, 0.25) is 0 Å². The van der Waals surface area contributed by atoms with E-state index in [9.17, 15) is 24.3 Å². The van der Waals surface area contributed by atoms with Crippen LogP contribution < -0.4 is 16.0 Å². The minimum atomic E-state index is -1.54. The number of aliphatic hydroxyl groups is 1. The molecule has 13 heteroatoms. The number of anilines is 1. The molecule has 0 saturated carbocycles. The zero-order chi connectivity index (χ0) is 23.4. The van der Waals surface area contributed by atoms with Crippen LogP contribution in [0.4, 0.5) is 5.13 Å². The first kappa shape index (κ1) is 24.2. The number of carbonyl (C=O) groups is 4. The lowest BCUT2D eigenvalue weighted by Crippen LogP contribution is -2.70. The summed E-state index contributed by atoms with van der Waals surface area (Å²) in [6.07, 6.45) is 0.423. The summed E-state index contributed by atoms with van der Waals surface area (Å²) in [5.74, 6) is -1.99. The molecule has 1 fully saturated rings. The third-order valence-electron chi connectivity index (χ3n) is 3.90. The topological polar surface area (TPSA) is 168 Å². The maximum atomic E-state index is 12.8. The fourth-order valence-electron chi connectivity index (χ4n) is 2.27. The fraction of sp³-hybridized carbons (Fsp3) is 0.556.